The first-order chi connectivity index (χ1) is 13.7. The number of halogens is 3. The van der Waals surface area contributed by atoms with Gasteiger partial charge in [0.05, 0.1) is 18.0 Å². The van der Waals surface area contributed by atoms with Crippen LogP contribution < -0.4 is 4.90 Å². The molecule has 2 atom stereocenters. The van der Waals surface area contributed by atoms with Crippen molar-refractivity contribution in [3.05, 3.63) is 65.2 Å². The monoisotopic (exact) mass is 405 g/mol. The van der Waals surface area contributed by atoms with Gasteiger partial charge in [0, 0.05) is 12.2 Å². The first kappa shape index (κ1) is 21.2. The molecule has 1 fully saturated rings. The molecule has 29 heavy (non-hydrogen) atoms. The third-order valence-corrected chi connectivity index (χ3v) is 5.66. The van der Waals surface area contributed by atoms with Crippen LogP contribution >= 0.6 is 0 Å². The highest BCUT2D eigenvalue weighted by molar-refractivity contribution is 5.67. The van der Waals surface area contributed by atoms with Gasteiger partial charge in [-0.05, 0) is 60.1 Å². The van der Waals surface area contributed by atoms with Crippen LogP contribution in [-0.2, 0) is 11.0 Å². The molecule has 1 aliphatic heterocycles. The van der Waals surface area contributed by atoms with Crippen LogP contribution in [-0.4, -0.2) is 17.6 Å². The Morgan fingerprint density at radius 2 is 1.72 bits per heavy atom. The van der Waals surface area contributed by atoms with Crippen LogP contribution in [0.4, 0.5) is 18.9 Å². The highest BCUT2D eigenvalue weighted by Gasteiger charge is 2.35. The molecular weight excluding hydrogens is 379 g/mol. The zero-order valence-electron chi connectivity index (χ0n) is 16.6. The predicted molar refractivity (Wildman–Crippen MR) is 107 cm³/mol. The summed E-state index contributed by atoms with van der Waals surface area (Å²) in [7, 11) is 0. The molecule has 3 nitrogen and oxygen atoms in total. The summed E-state index contributed by atoms with van der Waals surface area (Å²) in [5, 5.41) is 9.37. The van der Waals surface area contributed by atoms with Gasteiger partial charge in [-0.3, -0.25) is 4.79 Å². The molecule has 0 unspecified atom stereocenters. The van der Waals surface area contributed by atoms with Crippen molar-refractivity contribution in [3.63, 3.8) is 0 Å². The molecule has 2 aromatic rings. The average Bonchev–Trinajstić information content (AvgIpc) is 2.67. The van der Waals surface area contributed by atoms with E-state index in [4.69, 9.17) is 0 Å². The maximum absolute atomic E-state index is 13.0. The zero-order chi connectivity index (χ0) is 21.2. The lowest BCUT2D eigenvalue weighted by atomic mass is 9.82. The maximum atomic E-state index is 13.0. The Kier molecular flexibility index (Phi) is 6.20. The smallest absolute Gasteiger partial charge is 0.416 e. The van der Waals surface area contributed by atoms with E-state index in [-0.39, 0.29) is 18.4 Å². The van der Waals surface area contributed by atoms with Crippen LogP contribution in [0.15, 0.2) is 48.5 Å². The summed E-state index contributed by atoms with van der Waals surface area (Å²) in [5.41, 5.74) is 2.20. The first-order valence-corrected chi connectivity index (χ1v) is 9.92. The van der Waals surface area contributed by atoms with Crippen LogP contribution in [0.25, 0.3) is 0 Å². The lowest BCUT2D eigenvalue weighted by Gasteiger charge is -2.43. The molecular formula is C23H26F3NO2. The Morgan fingerprint density at radius 1 is 1.10 bits per heavy atom. The third-order valence-electron chi connectivity index (χ3n) is 5.66. The molecule has 6 heteroatoms. The Bertz CT molecular complexity index is 829. The summed E-state index contributed by atoms with van der Waals surface area (Å²) in [6.45, 7) is 4.97. The summed E-state index contributed by atoms with van der Waals surface area (Å²) >= 11 is 0. The van der Waals surface area contributed by atoms with Gasteiger partial charge in [0.15, 0.2) is 0 Å². The fourth-order valence-corrected chi connectivity index (χ4v) is 4.18. The Hall–Kier alpha value is -2.50. The van der Waals surface area contributed by atoms with E-state index in [0.29, 0.717) is 5.92 Å². The van der Waals surface area contributed by atoms with E-state index >= 15 is 0 Å². The lowest BCUT2D eigenvalue weighted by molar-refractivity contribution is -0.138. The summed E-state index contributed by atoms with van der Waals surface area (Å²) in [4.78, 5) is 13.6. The highest BCUT2D eigenvalue weighted by atomic mass is 19.4. The molecule has 1 aliphatic rings. The van der Waals surface area contributed by atoms with Gasteiger partial charge in [-0.15, -0.1) is 0 Å². The Balaban J connectivity index is 1.98. The predicted octanol–water partition coefficient (Wildman–Crippen LogP) is 6.26. The van der Waals surface area contributed by atoms with Gasteiger partial charge in [-0.2, -0.15) is 13.2 Å². The molecule has 1 N–H and O–H groups in total. The molecule has 0 bridgehead atoms. The number of alkyl halides is 3. The Labute approximate surface area is 169 Å². The topological polar surface area (TPSA) is 40.5 Å². The summed E-state index contributed by atoms with van der Waals surface area (Å²) in [6.07, 6.45) is -2.82. The fraction of sp³-hybridized carbons (Fsp3) is 0.435. The Morgan fingerprint density at radius 3 is 2.24 bits per heavy atom. The van der Waals surface area contributed by atoms with E-state index in [1.165, 1.54) is 17.7 Å². The van der Waals surface area contributed by atoms with Crippen LogP contribution in [0, 0.1) is 5.92 Å². The van der Waals surface area contributed by atoms with Gasteiger partial charge in [0.25, 0.3) is 0 Å². The molecule has 0 amide bonds. The molecule has 0 aliphatic carbocycles. The number of aliphatic carboxylic acids is 1. The van der Waals surface area contributed by atoms with Crippen molar-refractivity contribution in [3.8, 4) is 0 Å². The van der Waals surface area contributed by atoms with Gasteiger partial charge in [-0.1, -0.05) is 38.1 Å². The number of carbonyl (C=O) groups is 1. The summed E-state index contributed by atoms with van der Waals surface area (Å²) in [6, 6.07) is 13.0. The molecule has 0 aromatic heterocycles. The molecule has 1 saturated heterocycles. The second-order valence-corrected chi connectivity index (χ2v) is 8.00. The molecule has 156 valence electrons. The van der Waals surface area contributed by atoms with Crippen LogP contribution in [0.2, 0.25) is 0 Å². The maximum Gasteiger partial charge on any atom is 0.416 e. The van der Waals surface area contributed by atoms with E-state index in [1.807, 2.05) is 12.1 Å². The number of piperidine rings is 1. The second kappa shape index (κ2) is 8.47. The average molecular weight is 405 g/mol. The van der Waals surface area contributed by atoms with Gasteiger partial charge in [0.1, 0.15) is 0 Å². The van der Waals surface area contributed by atoms with Gasteiger partial charge >= 0.3 is 12.1 Å². The minimum absolute atomic E-state index is 0.00767. The van der Waals surface area contributed by atoms with Gasteiger partial charge in [-0.25, -0.2) is 0 Å². The number of benzene rings is 2. The van der Waals surface area contributed by atoms with Crippen molar-refractivity contribution < 1.29 is 23.1 Å². The van der Waals surface area contributed by atoms with Crippen molar-refractivity contribution in [2.75, 3.05) is 11.4 Å². The number of hydrogen-bond donors (Lipinski definition) is 1. The molecule has 2 aromatic carbocycles. The molecule has 3 rings (SSSR count). The van der Waals surface area contributed by atoms with E-state index in [1.54, 1.807) is 0 Å². The third kappa shape index (κ3) is 4.92. The van der Waals surface area contributed by atoms with Crippen LogP contribution in [0.3, 0.4) is 0 Å². The summed E-state index contributed by atoms with van der Waals surface area (Å²) < 4.78 is 38.9. The summed E-state index contributed by atoms with van der Waals surface area (Å²) in [5.74, 6) is -0.650. The number of hydrogen-bond acceptors (Lipinski definition) is 2. The molecule has 1 heterocycles. The normalized spacial score (nSPS) is 20.1. The van der Waals surface area contributed by atoms with E-state index < -0.39 is 17.7 Å². The lowest BCUT2D eigenvalue weighted by Crippen LogP contribution is -2.40. The van der Waals surface area contributed by atoms with E-state index in [9.17, 15) is 23.1 Å². The molecule has 0 radical (unpaired) electrons. The minimum Gasteiger partial charge on any atom is -0.481 e. The SMILES string of the molecule is CC(C)c1ccc(N2CCC[C@H](CC(=O)O)[C@@H]2c2ccc(C(F)(F)F)cc2)cc1. The zero-order valence-corrected chi connectivity index (χ0v) is 16.6. The molecule has 0 spiro atoms. The standard InChI is InChI=1S/C23H26F3NO2/c1-15(2)16-7-11-20(12-8-16)27-13-3-4-18(14-21(28)29)22(27)17-5-9-19(10-6-17)23(24,25)26/h5-12,15,18,22H,3-4,13-14H2,1-2H3,(H,28,29)/t18-,22+/m1/s1. The van der Waals surface area contributed by atoms with Crippen molar-refractivity contribution in [2.24, 2.45) is 5.92 Å². The van der Waals surface area contributed by atoms with Crippen LogP contribution in [0.5, 0.6) is 0 Å². The number of carboxylic acid groups (broad SMARTS) is 1. The number of rotatable bonds is 5. The van der Waals surface area contributed by atoms with Crippen molar-refractivity contribution >= 4 is 11.7 Å². The quantitative estimate of drug-likeness (QED) is 0.638. The van der Waals surface area contributed by atoms with E-state index in [2.05, 4.69) is 30.9 Å². The number of anilines is 1. The largest absolute Gasteiger partial charge is 0.481 e. The van der Waals surface area contributed by atoms with Crippen molar-refractivity contribution in [1.29, 1.82) is 0 Å². The van der Waals surface area contributed by atoms with Gasteiger partial charge in [0.2, 0.25) is 0 Å². The second-order valence-electron chi connectivity index (χ2n) is 8.00. The molecule has 0 saturated carbocycles. The fourth-order valence-electron chi connectivity index (χ4n) is 4.18. The van der Waals surface area contributed by atoms with Crippen molar-refractivity contribution in [1.82, 2.24) is 0 Å². The van der Waals surface area contributed by atoms with Gasteiger partial charge < -0.3 is 10.0 Å². The number of carboxylic acids is 1. The first-order valence-electron chi connectivity index (χ1n) is 9.92. The highest BCUT2D eigenvalue weighted by Crippen LogP contribution is 2.42. The number of nitrogens with zero attached hydrogens (tertiary/aromatic N) is 1. The van der Waals surface area contributed by atoms with E-state index in [0.717, 1.165) is 42.8 Å². The minimum atomic E-state index is -4.39. The van der Waals surface area contributed by atoms with Crippen molar-refractivity contribution in [2.45, 2.75) is 51.2 Å². The van der Waals surface area contributed by atoms with Crippen LogP contribution in [0.1, 0.15) is 61.8 Å².